The number of nitrogens with zero attached hydrogens (tertiary/aromatic N) is 3. The molecular formula is C21H27N5O2S. The Hall–Kier alpha value is -2.63. The van der Waals surface area contributed by atoms with Crippen LogP contribution < -0.4 is 15.5 Å². The number of carbonyl (C=O) groups excluding carboxylic acids is 1. The molecule has 2 N–H and O–H groups in total. The average Bonchev–Trinajstić information content (AvgIpc) is 3.20. The van der Waals surface area contributed by atoms with Gasteiger partial charge in [-0.2, -0.15) is 5.26 Å². The second-order valence-electron chi connectivity index (χ2n) is 7.38. The number of morpholine rings is 1. The Morgan fingerprint density at radius 3 is 2.69 bits per heavy atom. The minimum Gasteiger partial charge on any atom is -0.378 e. The summed E-state index contributed by atoms with van der Waals surface area (Å²) in [6.07, 6.45) is 2.50. The van der Waals surface area contributed by atoms with Gasteiger partial charge in [0.25, 0.3) is 0 Å². The fraction of sp³-hybridized carbons (Fsp3) is 0.476. The highest BCUT2D eigenvalue weighted by atomic mass is 32.1. The summed E-state index contributed by atoms with van der Waals surface area (Å²) in [5.41, 5.74) is 2.30. The maximum absolute atomic E-state index is 12.3. The standard InChI is InChI=1S/C21H27N5O2S/c1-15(2)13-18(20(27)23-8-7-22)25-21-24-14-19(29-21)16-3-5-17(6-4-16)26-9-11-28-12-10-26/h3-6,14-15,18H,8-13H2,1-2H3,(H,23,27)(H,24,25)/t18-/m0/s1. The van der Waals surface area contributed by atoms with Gasteiger partial charge in [-0.15, -0.1) is 0 Å². The van der Waals surface area contributed by atoms with Crippen molar-refractivity contribution >= 4 is 28.1 Å². The maximum Gasteiger partial charge on any atom is 0.243 e. The Balaban J connectivity index is 1.67. The van der Waals surface area contributed by atoms with Crippen molar-refractivity contribution in [3.8, 4) is 16.5 Å². The first kappa shape index (κ1) is 21.1. The van der Waals surface area contributed by atoms with Crippen molar-refractivity contribution in [2.45, 2.75) is 26.3 Å². The molecule has 2 heterocycles. The molecule has 8 heteroatoms. The van der Waals surface area contributed by atoms with E-state index in [1.807, 2.05) is 12.3 Å². The lowest BCUT2D eigenvalue weighted by atomic mass is 10.0. The van der Waals surface area contributed by atoms with Crippen molar-refractivity contribution in [3.05, 3.63) is 30.5 Å². The third-order valence-corrected chi connectivity index (χ3v) is 5.67. The summed E-state index contributed by atoms with van der Waals surface area (Å²) in [7, 11) is 0. The van der Waals surface area contributed by atoms with Crippen LogP contribution in [0.5, 0.6) is 0 Å². The molecule has 1 aliphatic heterocycles. The van der Waals surface area contributed by atoms with E-state index in [2.05, 4.69) is 58.6 Å². The van der Waals surface area contributed by atoms with E-state index in [9.17, 15) is 4.79 Å². The van der Waals surface area contributed by atoms with Crippen LogP contribution in [-0.4, -0.2) is 49.8 Å². The molecule has 1 atom stereocenters. The summed E-state index contributed by atoms with van der Waals surface area (Å²) in [6.45, 7) is 7.51. The van der Waals surface area contributed by atoms with E-state index in [-0.39, 0.29) is 12.5 Å². The Kier molecular flexibility index (Phi) is 7.44. The molecule has 1 amide bonds. The van der Waals surface area contributed by atoms with Gasteiger partial charge in [0, 0.05) is 25.0 Å². The highest BCUT2D eigenvalue weighted by Gasteiger charge is 2.21. The maximum atomic E-state index is 12.3. The van der Waals surface area contributed by atoms with Crippen molar-refractivity contribution in [3.63, 3.8) is 0 Å². The number of hydrogen-bond donors (Lipinski definition) is 2. The molecule has 0 unspecified atom stereocenters. The summed E-state index contributed by atoms with van der Waals surface area (Å²) in [4.78, 5) is 20.2. The van der Waals surface area contributed by atoms with Crippen LogP contribution in [0, 0.1) is 17.2 Å². The molecule has 7 nitrogen and oxygen atoms in total. The molecule has 0 saturated carbocycles. The molecule has 1 aromatic heterocycles. The zero-order valence-corrected chi connectivity index (χ0v) is 17.7. The molecule has 1 saturated heterocycles. The summed E-state index contributed by atoms with van der Waals surface area (Å²) in [6, 6.07) is 10.00. The van der Waals surface area contributed by atoms with Gasteiger partial charge in [-0.05, 0) is 30.0 Å². The number of aromatic nitrogens is 1. The molecule has 154 valence electrons. The monoisotopic (exact) mass is 413 g/mol. The number of rotatable bonds is 8. The van der Waals surface area contributed by atoms with E-state index in [1.165, 1.54) is 17.0 Å². The van der Waals surface area contributed by atoms with Crippen molar-refractivity contribution in [2.75, 3.05) is 43.1 Å². The molecule has 0 bridgehead atoms. The van der Waals surface area contributed by atoms with Crippen LogP contribution in [0.3, 0.4) is 0 Å². The number of ether oxygens (including phenoxy) is 1. The zero-order valence-electron chi connectivity index (χ0n) is 16.9. The van der Waals surface area contributed by atoms with Crippen LogP contribution in [-0.2, 0) is 9.53 Å². The van der Waals surface area contributed by atoms with Gasteiger partial charge in [-0.25, -0.2) is 4.98 Å². The number of benzene rings is 1. The topological polar surface area (TPSA) is 90.3 Å². The number of amides is 1. The van der Waals surface area contributed by atoms with E-state index >= 15 is 0 Å². The normalized spacial score (nSPS) is 15.0. The van der Waals surface area contributed by atoms with Crippen molar-refractivity contribution in [1.82, 2.24) is 10.3 Å². The smallest absolute Gasteiger partial charge is 0.243 e. The molecule has 3 rings (SSSR count). The Labute approximate surface area is 175 Å². The van der Waals surface area contributed by atoms with Crippen LogP contribution in [0.2, 0.25) is 0 Å². The van der Waals surface area contributed by atoms with Gasteiger partial charge in [0.1, 0.15) is 12.6 Å². The van der Waals surface area contributed by atoms with E-state index in [0.29, 0.717) is 17.5 Å². The largest absolute Gasteiger partial charge is 0.378 e. The Morgan fingerprint density at radius 2 is 2.03 bits per heavy atom. The SMILES string of the molecule is CC(C)C[C@H](Nc1ncc(-c2ccc(N3CCOCC3)cc2)s1)C(=O)NCC#N. The first-order valence-corrected chi connectivity index (χ1v) is 10.7. The summed E-state index contributed by atoms with van der Waals surface area (Å²) >= 11 is 1.52. The predicted molar refractivity (Wildman–Crippen MR) is 116 cm³/mol. The van der Waals surface area contributed by atoms with Gasteiger partial charge in [-0.1, -0.05) is 37.3 Å². The van der Waals surface area contributed by atoms with Gasteiger partial charge < -0.3 is 20.3 Å². The second kappa shape index (κ2) is 10.2. The molecule has 1 aromatic carbocycles. The predicted octanol–water partition coefficient (Wildman–Crippen LogP) is 3.11. The summed E-state index contributed by atoms with van der Waals surface area (Å²) in [5.74, 6) is 0.166. The zero-order chi connectivity index (χ0) is 20.6. The quantitative estimate of drug-likeness (QED) is 0.646. The van der Waals surface area contributed by atoms with Crippen LogP contribution in [0.1, 0.15) is 20.3 Å². The number of hydrogen-bond acceptors (Lipinski definition) is 7. The molecule has 1 fully saturated rings. The lowest BCUT2D eigenvalue weighted by Gasteiger charge is -2.28. The number of anilines is 2. The number of thiazole rings is 1. The first-order valence-electron chi connectivity index (χ1n) is 9.87. The number of nitrogens with one attached hydrogen (secondary N) is 2. The minimum atomic E-state index is -0.411. The third-order valence-electron chi connectivity index (χ3n) is 4.70. The lowest BCUT2D eigenvalue weighted by Crippen LogP contribution is -2.40. The highest BCUT2D eigenvalue weighted by Crippen LogP contribution is 2.31. The molecule has 0 radical (unpaired) electrons. The third kappa shape index (κ3) is 5.92. The fourth-order valence-corrected chi connectivity index (χ4v) is 4.11. The van der Waals surface area contributed by atoms with E-state index < -0.39 is 6.04 Å². The van der Waals surface area contributed by atoms with Crippen LogP contribution >= 0.6 is 11.3 Å². The van der Waals surface area contributed by atoms with Gasteiger partial charge in [0.15, 0.2) is 5.13 Å². The molecule has 0 spiro atoms. The number of carbonyl (C=O) groups is 1. The number of nitriles is 1. The van der Waals surface area contributed by atoms with Gasteiger partial charge in [0.2, 0.25) is 5.91 Å². The van der Waals surface area contributed by atoms with E-state index in [1.54, 1.807) is 0 Å². The van der Waals surface area contributed by atoms with E-state index in [0.717, 1.165) is 36.7 Å². The first-order chi connectivity index (χ1) is 14.1. The molecule has 0 aliphatic carbocycles. The van der Waals surface area contributed by atoms with Crippen LogP contribution in [0.25, 0.3) is 10.4 Å². The minimum absolute atomic E-state index is 0.00766. The van der Waals surface area contributed by atoms with Crippen molar-refractivity contribution in [1.29, 1.82) is 5.26 Å². The van der Waals surface area contributed by atoms with Crippen LogP contribution in [0.15, 0.2) is 30.5 Å². The average molecular weight is 414 g/mol. The highest BCUT2D eigenvalue weighted by molar-refractivity contribution is 7.18. The Morgan fingerprint density at radius 1 is 1.31 bits per heavy atom. The molecular weight excluding hydrogens is 386 g/mol. The summed E-state index contributed by atoms with van der Waals surface area (Å²) < 4.78 is 5.41. The summed E-state index contributed by atoms with van der Waals surface area (Å²) in [5, 5.41) is 15.3. The molecule has 2 aromatic rings. The van der Waals surface area contributed by atoms with Crippen LogP contribution in [0.4, 0.5) is 10.8 Å². The fourth-order valence-electron chi connectivity index (χ4n) is 3.23. The van der Waals surface area contributed by atoms with Gasteiger partial charge in [0.05, 0.1) is 24.2 Å². The van der Waals surface area contributed by atoms with Crippen molar-refractivity contribution < 1.29 is 9.53 Å². The van der Waals surface area contributed by atoms with E-state index in [4.69, 9.17) is 10.00 Å². The molecule has 1 aliphatic rings. The lowest BCUT2D eigenvalue weighted by molar-refractivity contribution is -0.121. The van der Waals surface area contributed by atoms with Crippen molar-refractivity contribution in [2.24, 2.45) is 5.92 Å². The van der Waals surface area contributed by atoms with Gasteiger partial charge in [-0.3, -0.25) is 4.79 Å². The second-order valence-corrected chi connectivity index (χ2v) is 8.41. The Bertz CT molecular complexity index is 838. The van der Waals surface area contributed by atoms with Gasteiger partial charge >= 0.3 is 0 Å². The molecule has 29 heavy (non-hydrogen) atoms.